The summed E-state index contributed by atoms with van der Waals surface area (Å²) in [6.45, 7) is 4.67. The van der Waals surface area contributed by atoms with Crippen LogP contribution in [0.5, 0.6) is 0 Å². The number of hydrogen-bond acceptors (Lipinski definition) is 4. The molecule has 2 heterocycles. The average molecular weight is 506 g/mol. The van der Waals surface area contributed by atoms with Gasteiger partial charge in [0.2, 0.25) is 5.91 Å². The molecule has 0 saturated carbocycles. The largest absolute Gasteiger partial charge is 0.336 e. The van der Waals surface area contributed by atoms with Gasteiger partial charge in [-0.2, -0.15) is 0 Å². The van der Waals surface area contributed by atoms with Crippen LogP contribution in [0.2, 0.25) is 5.02 Å². The molecule has 0 bridgehead atoms. The molecule has 2 amide bonds. The van der Waals surface area contributed by atoms with E-state index in [-0.39, 0.29) is 17.2 Å². The second-order valence-electron chi connectivity index (χ2n) is 8.99. The first-order chi connectivity index (χ1) is 17.1. The van der Waals surface area contributed by atoms with Gasteiger partial charge in [-0.15, -0.1) is 11.8 Å². The Morgan fingerprint density at radius 2 is 1.49 bits per heavy atom. The normalized spacial score (nSPS) is 18.8. The lowest BCUT2D eigenvalue weighted by molar-refractivity contribution is -0.128. The number of amides is 2. The molecule has 35 heavy (non-hydrogen) atoms. The quantitative estimate of drug-likeness (QED) is 0.469. The van der Waals surface area contributed by atoms with Gasteiger partial charge < -0.3 is 9.80 Å². The Morgan fingerprint density at radius 1 is 0.829 bits per heavy atom. The molecule has 0 aliphatic carbocycles. The molecule has 0 spiro atoms. The summed E-state index contributed by atoms with van der Waals surface area (Å²) in [5.74, 6) is 0.666. The van der Waals surface area contributed by atoms with Crippen molar-refractivity contribution in [2.45, 2.75) is 18.5 Å². The maximum absolute atomic E-state index is 13.1. The first kappa shape index (κ1) is 23.9. The lowest BCUT2D eigenvalue weighted by atomic mass is 10.1. The van der Waals surface area contributed by atoms with E-state index in [4.69, 9.17) is 11.6 Å². The van der Waals surface area contributed by atoms with Crippen molar-refractivity contribution in [1.82, 2.24) is 14.7 Å². The van der Waals surface area contributed by atoms with Crippen LogP contribution in [0, 0.1) is 0 Å². The molecule has 0 N–H and O–H groups in total. The summed E-state index contributed by atoms with van der Waals surface area (Å²) < 4.78 is 0. The van der Waals surface area contributed by atoms with E-state index in [1.165, 1.54) is 5.56 Å². The third-order valence-corrected chi connectivity index (χ3v) is 8.09. The predicted molar refractivity (Wildman–Crippen MR) is 141 cm³/mol. The highest BCUT2D eigenvalue weighted by Gasteiger charge is 2.33. The Bertz CT molecular complexity index is 1160. The van der Waals surface area contributed by atoms with Crippen molar-refractivity contribution >= 4 is 35.2 Å². The molecule has 2 aliphatic heterocycles. The number of thioether (sulfide) groups is 1. The average Bonchev–Trinajstić information content (AvgIpc) is 3.26. The Morgan fingerprint density at radius 3 is 2.17 bits per heavy atom. The molecule has 5 rings (SSSR count). The number of piperazine rings is 1. The number of benzene rings is 3. The van der Waals surface area contributed by atoms with Gasteiger partial charge in [0.15, 0.2) is 0 Å². The zero-order chi connectivity index (χ0) is 24.2. The lowest BCUT2D eigenvalue weighted by Gasteiger charge is -2.35. The third-order valence-electron chi connectivity index (χ3n) is 6.59. The summed E-state index contributed by atoms with van der Waals surface area (Å²) in [4.78, 5) is 31.9. The maximum Gasteiger partial charge on any atom is 0.253 e. The molecule has 7 heteroatoms. The number of halogens is 1. The van der Waals surface area contributed by atoms with Gasteiger partial charge in [-0.3, -0.25) is 14.5 Å². The van der Waals surface area contributed by atoms with E-state index >= 15 is 0 Å². The van der Waals surface area contributed by atoms with E-state index < -0.39 is 0 Å². The molecule has 180 valence electrons. The van der Waals surface area contributed by atoms with Crippen LogP contribution in [0.4, 0.5) is 0 Å². The first-order valence-electron chi connectivity index (χ1n) is 11.9. The van der Waals surface area contributed by atoms with E-state index in [2.05, 4.69) is 29.2 Å². The molecule has 3 aromatic carbocycles. The van der Waals surface area contributed by atoms with Crippen LogP contribution in [0.1, 0.15) is 32.4 Å². The molecule has 0 radical (unpaired) electrons. The van der Waals surface area contributed by atoms with Crippen LogP contribution in [0.25, 0.3) is 0 Å². The minimum atomic E-state index is -0.0520. The fraction of sp³-hybridized carbons (Fsp3) is 0.286. The van der Waals surface area contributed by atoms with Crippen LogP contribution in [-0.2, 0) is 17.9 Å². The summed E-state index contributed by atoms with van der Waals surface area (Å²) in [7, 11) is 0. The highest BCUT2D eigenvalue weighted by Crippen LogP contribution is 2.39. The van der Waals surface area contributed by atoms with Crippen molar-refractivity contribution in [3.05, 3.63) is 106 Å². The minimum absolute atomic E-state index is 0.0520. The molecule has 0 unspecified atom stereocenters. The molecule has 2 saturated heterocycles. The fourth-order valence-corrected chi connectivity index (χ4v) is 5.93. The second-order valence-corrected chi connectivity index (χ2v) is 10.5. The molecule has 0 aromatic heterocycles. The van der Waals surface area contributed by atoms with Crippen LogP contribution in [-0.4, -0.2) is 58.4 Å². The summed E-state index contributed by atoms with van der Waals surface area (Å²) in [6.07, 6.45) is 0. The maximum atomic E-state index is 13.1. The van der Waals surface area contributed by atoms with Gasteiger partial charge in [0, 0.05) is 49.9 Å². The summed E-state index contributed by atoms with van der Waals surface area (Å²) >= 11 is 7.63. The van der Waals surface area contributed by atoms with Gasteiger partial charge in [-0.1, -0.05) is 66.2 Å². The van der Waals surface area contributed by atoms with Crippen LogP contribution in [0.3, 0.4) is 0 Å². The predicted octanol–water partition coefficient (Wildman–Crippen LogP) is 5.07. The molecule has 2 fully saturated rings. The SMILES string of the molecule is O=C(c1ccc([C@H]2SCC(=O)N2Cc2ccc(Cl)cc2)cc1)N1CCN(Cc2ccccc2)CC1. The molecular formula is C28H28ClN3O2S. The van der Waals surface area contributed by atoms with Crippen LogP contribution < -0.4 is 0 Å². The smallest absolute Gasteiger partial charge is 0.253 e. The van der Waals surface area contributed by atoms with E-state index in [0.717, 1.165) is 43.9 Å². The lowest BCUT2D eigenvalue weighted by Crippen LogP contribution is -2.48. The number of carbonyl (C=O) groups is 2. The number of carbonyl (C=O) groups excluding carboxylic acids is 2. The van der Waals surface area contributed by atoms with Crippen LogP contribution >= 0.6 is 23.4 Å². The minimum Gasteiger partial charge on any atom is -0.336 e. The van der Waals surface area contributed by atoms with Crippen molar-refractivity contribution in [3.63, 3.8) is 0 Å². The summed E-state index contributed by atoms with van der Waals surface area (Å²) in [5.41, 5.74) is 4.09. The Hall–Kier alpha value is -2.80. The molecular weight excluding hydrogens is 478 g/mol. The highest BCUT2D eigenvalue weighted by molar-refractivity contribution is 8.00. The monoisotopic (exact) mass is 505 g/mol. The second kappa shape index (κ2) is 10.9. The van der Waals surface area contributed by atoms with Gasteiger partial charge in [0.25, 0.3) is 5.91 Å². The first-order valence-corrected chi connectivity index (χ1v) is 13.3. The van der Waals surface area contributed by atoms with Gasteiger partial charge in [0.05, 0.1) is 5.75 Å². The van der Waals surface area contributed by atoms with Crippen molar-refractivity contribution in [2.24, 2.45) is 0 Å². The van der Waals surface area contributed by atoms with Gasteiger partial charge in [0.1, 0.15) is 5.37 Å². The van der Waals surface area contributed by atoms with Crippen molar-refractivity contribution in [3.8, 4) is 0 Å². The third kappa shape index (κ3) is 5.72. The van der Waals surface area contributed by atoms with Crippen molar-refractivity contribution in [1.29, 1.82) is 0 Å². The van der Waals surface area contributed by atoms with Gasteiger partial charge >= 0.3 is 0 Å². The number of rotatable bonds is 6. The Balaban J connectivity index is 1.19. The molecule has 1 atom stereocenters. The number of nitrogens with zero attached hydrogens (tertiary/aromatic N) is 3. The van der Waals surface area contributed by atoms with Crippen molar-refractivity contribution < 1.29 is 9.59 Å². The summed E-state index contributed by atoms with van der Waals surface area (Å²) in [5, 5.41) is 0.633. The zero-order valence-corrected chi connectivity index (χ0v) is 21.0. The molecule has 2 aliphatic rings. The zero-order valence-electron chi connectivity index (χ0n) is 19.5. The highest BCUT2D eigenvalue weighted by atomic mass is 35.5. The molecule has 5 nitrogen and oxygen atoms in total. The van der Waals surface area contributed by atoms with E-state index in [9.17, 15) is 9.59 Å². The van der Waals surface area contributed by atoms with Gasteiger partial charge in [-0.05, 0) is 41.0 Å². The standard InChI is InChI=1S/C28H28ClN3O2S/c29-25-12-6-22(7-13-25)19-32-26(33)20-35-28(32)24-10-8-23(9-11-24)27(34)31-16-14-30(15-17-31)18-21-4-2-1-3-5-21/h1-13,28H,14-20H2/t28-/m1/s1. The van der Waals surface area contributed by atoms with E-state index in [1.807, 2.05) is 64.4 Å². The van der Waals surface area contributed by atoms with Gasteiger partial charge in [-0.25, -0.2) is 0 Å². The van der Waals surface area contributed by atoms with E-state index in [0.29, 0.717) is 22.9 Å². The van der Waals surface area contributed by atoms with E-state index in [1.54, 1.807) is 11.8 Å². The summed E-state index contributed by atoms with van der Waals surface area (Å²) in [6, 6.07) is 25.8. The van der Waals surface area contributed by atoms with Crippen LogP contribution in [0.15, 0.2) is 78.9 Å². The fourth-order valence-electron chi connectivity index (χ4n) is 4.61. The Labute approximate surface area is 215 Å². The van der Waals surface area contributed by atoms with Crippen molar-refractivity contribution in [2.75, 3.05) is 31.9 Å². The Kier molecular flexibility index (Phi) is 7.42. The topological polar surface area (TPSA) is 43.9 Å². The number of hydrogen-bond donors (Lipinski definition) is 0. The molecule has 3 aromatic rings.